The molecule has 5 heteroatoms. The number of amides is 1. The fourth-order valence-electron chi connectivity index (χ4n) is 4.45. The van der Waals surface area contributed by atoms with Crippen LogP contribution in [0.2, 0.25) is 10.0 Å². The van der Waals surface area contributed by atoms with Crippen LogP contribution in [0.3, 0.4) is 0 Å². The Morgan fingerprint density at radius 2 is 1.79 bits per heavy atom. The minimum Gasteiger partial charge on any atom is -0.347 e. The number of carbonyl (C=O) groups excluding carboxylic acids is 1. The van der Waals surface area contributed by atoms with Crippen molar-refractivity contribution in [3.8, 4) is 0 Å². The SMILES string of the molecule is CCC(CCN1CCC(NC(C)=O)(c2ccccc2)CC1)c1ccc(Cl)c(Cl)c1. The number of nitrogens with zero attached hydrogens (tertiary/aromatic N) is 1. The van der Waals surface area contributed by atoms with Gasteiger partial charge in [-0.15, -0.1) is 0 Å². The van der Waals surface area contributed by atoms with Crippen LogP contribution in [-0.2, 0) is 10.3 Å². The van der Waals surface area contributed by atoms with Gasteiger partial charge in [-0.05, 0) is 61.4 Å². The van der Waals surface area contributed by atoms with Crippen LogP contribution in [0.15, 0.2) is 48.5 Å². The van der Waals surface area contributed by atoms with Gasteiger partial charge in [0.1, 0.15) is 0 Å². The molecule has 1 atom stereocenters. The molecule has 1 saturated heterocycles. The third-order valence-electron chi connectivity index (χ3n) is 6.15. The fraction of sp³-hybridized carbons (Fsp3) is 0.458. The normalized spacial score (nSPS) is 17.7. The number of halogens is 2. The predicted octanol–water partition coefficient (Wildman–Crippen LogP) is 6.00. The van der Waals surface area contributed by atoms with Gasteiger partial charge in [0, 0.05) is 20.0 Å². The van der Waals surface area contributed by atoms with Gasteiger partial charge in [0.15, 0.2) is 0 Å². The van der Waals surface area contributed by atoms with Crippen molar-refractivity contribution >= 4 is 29.1 Å². The van der Waals surface area contributed by atoms with Crippen LogP contribution in [0.4, 0.5) is 0 Å². The monoisotopic (exact) mass is 432 g/mol. The lowest BCUT2D eigenvalue weighted by atomic mass is 9.80. The van der Waals surface area contributed by atoms with E-state index in [1.54, 1.807) is 6.92 Å². The predicted molar refractivity (Wildman–Crippen MR) is 122 cm³/mol. The molecule has 0 aromatic heterocycles. The van der Waals surface area contributed by atoms with Crippen LogP contribution >= 0.6 is 23.2 Å². The van der Waals surface area contributed by atoms with E-state index in [4.69, 9.17) is 23.2 Å². The number of piperidine rings is 1. The van der Waals surface area contributed by atoms with Gasteiger partial charge in [-0.2, -0.15) is 0 Å². The number of nitrogens with one attached hydrogen (secondary N) is 1. The highest BCUT2D eigenvalue weighted by Gasteiger charge is 2.36. The van der Waals surface area contributed by atoms with Crippen LogP contribution in [0, 0.1) is 0 Å². The topological polar surface area (TPSA) is 32.3 Å². The van der Waals surface area contributed by atoms with Gasteiger partial charge in [-0.3, -0.25) is 4.79 Å². The summed E-state index contributed by atoms with van der Waals surface area (Å²) in [6.45, 7) is 6.84. The minimum absolute atomic E-state index is 0.0352. The van der Waals surface area contributed by atoms with Gasteiger partial charge in [0.25, 0.3) is 0 Å². The number of benzene rings is 2. The molecule has 1 fully saturated rings. The Hall–Kier alpha value is -1.55. The standard InChI is InChI=1S/C24H30Cl2N2O/c1-3-19(20-9-10-22(25)23(26)17-20)11-14-28-15-12-24(13-16-28,27-18(2)29)21-7-5-4-6-8-21/h4-10,17,19H,3,11-16H2,1-2H3,(H,27,29). The van der Waals surface area contributed by atoms with Crippen molar-refractivity contribution in [2.45, 2.75) is 51.0 Å². The first kappa shape index (κ1) is 22.1. The molecule has 1 heterocycles. The maximum atomic E-state index is 11.9. The molecule has 156 valence electrons. The zero-order valence-corrected chi connectivity index (χ0v) is 18.8. The van der Waals surface area contributed by atoms with Crippen molar-refractivity contribution in [2.75, 3.05) is 19.6 Å². The first-order valence-corrected chi connectivity index (χ1v) is 11.2. The van der Waals surface area contributed by atoms with Gasteiger partial charge < -0.3 is 10.2 Å². The summed E-state index contributed by atoms with van der Waals surface area (Å²) in [7, 11) is 0. The molecular weight excluding hydrogens is 403 g/mol. The molecule has 2 aromatic rings. The average Bonchev–Trinajstić information content (AvgIpc) is 2.72. The number of likely N-dealkylation sites (tertiary alicyclic amines) is 1. The first-order chi connectivity index (χ1) is 13.9. The van der Waals surface area contributed by atoms with E-state index in [2.05, 4.69) is 35.3 Å². The van der Waals surface area contributed by atoms with Gasteiger partial charge >= 0.3 is 0 Å². The largest absolute Gasteiger partial charge is 0.347 e. The molecule has 3 nitrogen and oxygen atoms in total. The molecule has 0 bridgehead atoms. The van der Waals surface area contributed by atoms with Crippen molar-refractivity contribution in [2.24, 2.45) is 0 Å². The van der Waals surface area contributed by atoms with Crippen molar-refractivity contribution < 1.29 is 4.79 Å². The lowest BCUT2D eigenvalue weighted by Gasteiger charge is -2.43. The molecule has 0 saturated carbocycles. The van der Waals surface area contributed by atoms with Crippen molar-refractivity contribution in [1.29, 1.82) is 0 Å². The number of carbonyl (C=O) groups is 1. The number of rotatable bonds is 7. The summed E-state index contributed by atoms with van der Waals surface area (Å²) in [6, 6.07) is 16.4. The summed E-state index contributed by atoms with van der Waals surface area (Å²) in [6.07, 6.45) is 4.03. The van der Waals surface area contributed by atoms with Crippen molar-refractivity contribution in [1.82, 2.24) is 10.2 Å². The second kappa shape index (κ2) is 9.97. The smallest absolute Gasteiger partial charge is 0.217 e. The second-order valence-corrected chi connectivity index (χ2v) is 8.85. The van der Waals surface area contributed by atoms with Crippen molar-refractivity contribution in [3.63, 3.8) is 0 Å². The highest BCUT2D eigenvalue weighted by Crippen LogP contribution is 2.34. The number of hydrogen-bond donors (Lipinski definition) is 1. The zero-order valence-electron chi connectivity index (χ0n) is 17.3. The maximum absolute atomic E-state index is 11.9. The van der Waals surface area contributed by atoms with E-state index in [0.717, 1.165) is 45.3 Å². The first-order valence-electron chi connectivity index (χ1n) is 10.4. The maximum Gasteiger partial charge on any atom is 0.217 e. The highest BCUT2D eigenvalue weighted by molar-refractivity contribution is 6.42. The molecule has 1 aliphatic rings. The molecular formula is C24H30Cl2N2O. The Balaban J connectivity index is 1.62. The van der Waals surface area contributed by atoms with Gasteiger partial charge in [-0.25, -0.2) is 0 Å². The van der Waals surface area contributed by atoms with Crippen LogP contribution in [0.5, 0.6) is 0 Å². The Kier molecular flexibility index (Phi) is 7.61. The second-order valence-electron chi connectivity index (χ2n) is 8.04. The van der Waals surface area contributed by atoms with Gasteiger partial charge in [0.2, 0.25) is 5.91 Å². The summed E-state index contributed by atoms with van der Waals surface area (Å²) in [5.41, 5.74) is 2.21. The summed E-state index contributed by atoms with van der Waals surface area (Å²) in [5.74, 6) is 0.508. The molecule has 3 rings (SSSR count). The van der Waals surface area contributed by atoms with E-state index in [1.807, 2.05) is 30.3 Å². The molecule has 29 heavy (non-hydrogen) atoms. The van der Waals surface area contributed by atoms with Gasteiger partial charge in [0.05, 0.1) is 15.6 Å². The molecule has 1 N–H and O–H groups in total. The Labute approximate surface area is 184 Å². The molecule has 1 aliphatic heterocycles. The van der Waals surface area contributed by atoms with E-state index in [0.29, 0.717) is 16.0 Å². The third kappa shape index (κ3) is 5.53. The molecule has 2 aromatic carbocycles. The van der Waals surface area contributed by atoms with E-state index in [-0.39, 0.29) is 11.4 Å². The molecule has 0 aliphatic carbocycles. The van der Waals surface area contributed by atoms with E-state index < -0.39 is 0 Å². The van der Waals surface area contributed by atoms with Crippen LogP contribution in [0.25, 0.3) is 0 Å². The summed E-state index contributed by atoms with van der Waals surface area (Å²) >= 11 is 12.3. The van der Waals surface area contributed by atoms with E-state index in [1.165, 1.54) is 11.1 Å². The van der Waals surface area contributed by atoms with E-state index >= 15 is 0 Å². The quantitative estimate of drug-likeness (QED) is 0.581. The molecule has 0 radical (unpaired) electrons. The van der Waals surface area contributed by atoms with Crippen LogP contribution in [0.1, 0.15) is 56.6 Å². The zero-order chi connectivity index (χ0) is 20.9. The molecule has 1 amide bonds. The highest BCUT2D eigenvalue weighted by atomic mass is 35.5. The fourth-order valence-corrected chi connectivity index (χ4v) is 4.76. The van der Waals surface area contributed by atoms with Crippen LogP contribution < -0.4 is 5.32 Å². The van der Waals surface area contributed by atoms with Gasteiger partial charge in [-0.1, -0.05) is 66.5 Å². The Bertz CT molecular complexity index is 817. The summed E-state index contributed by atoms with van der Waals surface area (Å²) in [5, 5.41) is 4.49. The summed E-state index contributed by atoms with van der Waals surface area (Å²) < 4.78 is 0. The summed E-state index contributed by atoms with van der Waals surface area (Å²) in [4.78, 5) is 14.4. The lowest BCUT2D eigenvalue weighted by Crippen LogP contribution is -2.52. The van der Waals surface area contributed by atoms with Crippen molar-refractivity contribution in [3.05, 3.63) is 69.7 Å². The average molecular weight is 433 g/mol. The minimum atomic E-state index is -0.253. The molecule has 1 unspecified atom stereocenters. The Morgan fingerprint density at radius 3 is 2.38 bits per heavy atom. The number of hydrogen-bond acceptors (Lipinski definition) is 2. The van der Waals surface area contributed by atoms with E-state index in [9.17, 15) is 4.79 Å². The lowest BCUT2D eigenvalue weighted by molar-refractivity contribution is -0.121. The van der Waals surface area contributed by atoms with Crippen LogP contribution in [-0.4, -0.2) is 30.4 Å². The Morgan fingerprint density at radius 1 is 1.10 bits per heavy atom. The molecule has 0 spiro atoms. The third-order valence-corrected chi connectivity index (χ3v) is 6.89.